The van der Waals surface area contributed by atoms with Gasteiger partial charge in [0.2, 0.25) is 5.91 Å². The number of thiazole rings is 1. The van der Waals surface area contributed by atoms with Gasteiger partial charge in [-0.1, -0.05) is 6.92 Å². The molecule has 1 aliphatic heterocycles. The molecule has 1 unspecified atom stereocenters. The summed E-state index contributed by atoms with van der Waals surface area (Å²) in [6, 6.07) is 0. The summed E-state index contributed by atoms with van der Waals surface area (Å²) in [5, 5.41) is 9.34. The van der Waals surface area contributed by atoms with Crippen LogP contribution in [0, 0.1) is 5.41 Å². The summed E-state index contributed by atoms with van der Waals surface area (Å²) in [6.07, 6.45) is 1.76. The Hall–Kier alpha value is -0.980. The third-order valence-electron chi connectivity index (χ3n) is 3.48. The Kier molecular flexibility index (Phi) is 4.90. The van der Waals surface area contributed by atoms with Crippen LogP contribution in [0.2, 0.25) is 0 Å². The quantitative estimate of drug-likeness (QED) is 0.816. The average molecular weight is 283 g/mol. The molecule has 2 heterocycles. The summed E-state index contributed by atoms with van der Waals surface area (Å²) in [5.41, 5.74) is 0.520. The molecule has 19 heavy (non-hydrogen) atoms. The summed E-state index contributed by atoms with van der Waals surface area (Å²) in [7, 11) is 1.64. The molecule has 0 aromatic carbocycles. The summed E-state index contributed by atoms with van der Waals surface area (Å²) in [4.78, 5) is 16.8. The smallest absolute Gasteiger partial charge is 0.230 e. The molecule has 1 aromatic heterocycles. The summed E-state index contributed by atoms with van der Waals surface area (Å²) >= 11 is 1.64. The Balaban J connectivity index is 1.92. The zero-order valence-electron chi connectivity index (χ0n) is 11.5. The SMILES string of the molecule is CCc1nc(CNC(=O)C2(COC)CCNC2)cs1. The molecule has 1 amide bonds. The molecular weight excluding hydrogens is 262 g/mol. The van der Waals surface area contributed by atoms with Crippen molar-refractivity contribution < 1.29 is 9.53 Å². The minimum atomic E-state index is -0.418. The number of nitrogens with one attached hydrogen (secondary N) is 2. The first-order valence-electron chi connectivity index (χ1n) is 6.61. The molecular formula is C13H21N3O2S. The van der Waals surface area contributed by atoms with Crippen LogP contribution >= 0.6 is 11.3 Å². The van der Waals surface area contributed by atoms with E-state index in [1.54, 1.807) is 18.4 Å². The summed E-state index contributed by atoms with van der Waals surface area (Å²) in [6.45, 7) is 4.60. The monoisotopic (exact) mass is 283 g/mol. The van der Waals surface area contributed by atoms with E-state index in [9.17, 15) is 4.79 Å². The number of hydrogen-bond acceptors (Lipinski definition) is 5. The van der Waals surface area contributed by atoms with Gasteiger partial charge in [-0.25, -0.2) is 4.98 Å². The largest absolute Gasteiger partial charge is 0.384 e. The second-order valence-electron chi connectivity index (χ2n) is 4.91. The van der Waals surface area contributed by atoms with Gasteiger partial charge in [-0.05, 0) is 19.4 Å². The van der Waals surface area contributed by atoms with Crippen LogP contribution in [0.5, 0.6) is 0 Å². The molecule has 0 saturated carbocycles. The number of aromatic nitrogens is 1. The van der Waals surface area contributed by atoms with Gasteiger partial charge in [0.05, 0.1) is 29.3 Å². The second kappa shape index (κ2) is 6.45. The van der Waals surface area contributed by atoms with Crippen molar-refractivity contribution in [1.29, 1.82) is 0 Å². The van der Waals surface area contributed by atoms with Crippen LogP contribution in [0.15, 0.2) is 5.38 Å². The second-order valence-corrected chi connectivity index (χ2v) is 5.85. The molecule has 0 spiro atoms. The zero-order chi connectivity index (χ0) is 13.7. The van der Waals surface area contributed by atoms with Crippen LogP contribution in [0.25, 0.3) is 0 Å². The Morgan fingerprint density at radius 1 is 1.68 bits per heavy atom. The van der Waals surface area contributed by atoms with Crippen molar-refractivity contribution in [3.8, 4) is 0 Å². The van der Waals surface area contributed by atoms with Gasteiger partial charge in [-0.3, -0.25) is 4.79 Å². The number of carbonyl (C=O) groups is 1. The number of hydrogen-bond donors (Lipinski definition) is 2. The first-order chi connectivity index (χ1) is 9.20. The molecule has 2 N–H and O–H groups in total. The standard InChI is InChI=1S/C13H21N3O2S/c1-3-11-16-10(7-19-11)6-15-12(17)13(9-18-2)4-5-14-8-13/h7,14H,3-6,8-9H2,1-2H3,(H,15,17). The fraction of sp³-hybridized carbons (Fsp3) is 0.692. The highest BCUT2D eigenvalue weighted by atomic mass is 32.1. The molecule has 2 rings (SSSR count). The molecule has 0 aliphatic carbocycles. The topological polar surface area (TPSA) is 63.2 Å². The van der Waals surface area contributed by atoms with E-state index in [0.717, 1.165) is 30.1 Å². The molecule has 0 bridgehead atoms. The van der Waals surface area contributed by atoms with Crippen LogP contribution in [0.1, 0.15) is 24.0 Å². The predicted octanol–water partition coefficient (Wildman–Crippen LogP) is 0.948. The van der Waals surface area contributed by atoms with Crippen molar-refractivity contribution in [3.63, 3.8) is 0 Å². The average Bonchev–Trinajstić information content (AvgIpc) is 3.05. The third-order valence-corrected chi connectivity index (χ3v) is 4.52. The zero-order valence-corrected chi connectivity index (χ0v) is 12.3. The first kappa shape index (κ1) is 14.4. The van der Waals surface area contributed by atoms with Crippen molar-refractivity contribution in [3.05, 3.63) is 16.1 Å². The van der Waals surface area contributed by atoms with E-state index < -0.39 is 5.41 Å². The molecule has 1 atom stereocenters. The minimum Gasteiger partial charge on any atom is -0.384 e. The molecule has 1 aliphatic rings. The molecule has 0 radical (unpaired) electrons. The van der Waals surface area contributed by atoms with Crippen molar-refractivity contribution in [1.82, 2.24) is 15.6 Å². The highest BCUT2D eigenvalue weighted by Crippen LogP contribution is 2.26. The van der Waals surface area contributed by atoms with E-state index in [0.29, 0.717) is 19.7 Å². The van der Waals surface area contributed by atoms with E-state index in [-0.39, 0.29) is 5.91 Å². The Morgan fingerprint density at radius 2 is 2.53 bits per heavy atom. The lowest BCUT2D eigenvalue weighted by molar-refractivity contribution is -0.133. The van der Waals surface area contributed by atoms with Gasteiger partial charge in [0.25, 0.3) is 0 Å². The highest BCUT2D eigenvalue weighted by molar-refractivity contribution is 7.09. The van der Waals surface area contributed by atoms with E-state index in [1.807, 2.05) is 5.38 Å². The molecule has 5 nitrogen and oxygen atoms in total. The highest BCUT2D eigenvalue weighted by Gasteiger charge is 2.41. The number of nitrogens with zero attached hydrogens (tertiary/aromatic N) is 1. The van der Waals surface area contributed by atoms with Gasteiger partial charge < -0.3 is 15.4 Å². The molecule has 1 aromatic rings. The molecule has 6 heteroatoms. The fourth-order valence-electron chi connectivity index (χ4n) is 2.35. The van der Waals surface area contributed by atoms with E-state index >= 15 is 0 Å². The third kappa shape index (κ3) is 3.32. The Labute approximate surface area is 117 Å². The number of amides is 1. The normalized spacial score (nSPS) is 22.6. The van der Waals surface area contributed by atoms with Crippen LogP contribution in [0.3, 0.4) is 0 Å². The number of methoxy groups -OCH3 is 1. The van der Waals surface area contributed by atoms with Gasteiger partial charge in [-0.2, -0.15) is 0 Å². The van der Waals surface area contributed by atoms with E-state index in [2.05, 4.69) is 22.5 Å². The molecule has 1 fully saturated rings. The Morgan fingerprint density at radius 3 is 3.11 bits per heavy atom. The Bertz CT molecular complexity index is 427. The lowest BCUT2D eigenvalue weighted by Gasteiger charge is -2.25. The number of carbonyl (C=O) groups excluding carboxylic acids is 1. The van der Waals surface area contributed by atoms with Crippen molar-refractivity contribution >= 4 is 17.2 Å². The van der Waals surface area contributed by atoms with Gasteiger partial charge in [0.15, 0.2) is 0 Å². The van der Waals surface area contributed by atoms with Crippen molar-refractivity contribution in [2.45, 2.75) is 26.3 Å². The lowest BCUT2D eigenvalue weighted by atomic mass is 9.87. The predicted molar refractivity (Wildman–Crippen MR) is 75.1 cm³/mol. The molecule has 1 saturated heterocycles. The van der Waals surface area contributed by atoms with Crippen molar-refractivity contribution in [2.75, 3.05) is 26.8 Å². The minimum absolute atomic E-state index is 0.0606. The first-order valence-corrected chi connectivity index (χ1v) is 7.49. The summed E-state index contributed by atoms with van der Waals surface area (Å²) < 4.78 is 5.21. The van der Waals surface area contributed by atoms with Gasteiger partial charge in [-0.15, -0.1) is 11.3 Å². The number of rotatable bonds is 6. The van der Waals surface area contributed by atoms with Gasteiger partial charge >= 0.3 is 0 Å². The van der Waals surface area contributed by atoms with Crippen LogP contribution in [-0.4, -0.2) is 37.7 Å². The van der Waals surface area contributed by atoms with Crippen LogP contribution < -0.4 is 10.6 Å². The maximum atomic E-state index is 12.4. The summed E-state index contributed by atoms with van der Waals surface area (Å²) in [5.74, 6) is 0.0606. The number of ether oxygens (including phenoxy) is 1. The number of aryl methyl sites for hydroxylation is 1. The van der Waals surface area contributed by atoms with Gasteiger partial charge in [0.1, 0.15) is 0 Å². The van der Waals surface area contributed by atoms with Crippen molar-refractivity contribution in [2.24, 2.45) is 5.41 Å². The van der Waals surface area contributed by atoms with Gasteiger partial charge in [0, 0.05) is 19.0 Å². The van der Waals surface area contributed by atoms with Crippen LogP contribution in [-0.2, 0) is 22.5 Å². The maximum Gasteiger partial charge on any atom is 0.230 e. The van der Waals surface area contributed by atoms with E-state index in [4.69, 9.17) is 4.74 Å². The van der Waals surface area contributed by atoms with E-state index in [1.165, 1.54) is 0 Å². The molecule has 106 valence electrons. The maximum absolute atomic E-state index is 12.4. The lowest BCUT2D eigenvalue weighted by Crippen LogP contribution is -2.45. The van der Waals surface area contributed by atoms with Crippen LogP contribution in [0.4, 0.5) is 0 Å². The fourth-order valence-corrected chi connectivity index (χ4v) is 3.10.